The molecule has 0 aromatic heterocycles. The molecule has 86 valence electrons. The summed E-state index contributed by atoms with van der Waals surface area (Å²) in [5.74, 6) is 0.103. The molecular formula is C8H20N2O3S. The minimum Gasteiger partial charge on any atom is -0.395 e. The van der Waals surface area contributed by atoms with Crippen LogP contribution in [0.4, 0.5) is 0 Å². The third kappa shape index (κ3) is 5.54. The molecule has 2 N–H and O–H groups in total. The number of nitrogens with one attached hydrogen (secondary N) is 1. The van der Waals surface area contributed by atoms with E-state index < -0.39 is 10.0 Å². The lowest BCUT2D eigenvalue weighted by Gasteiger charge is -2.22. The first-order chi connectivity index (χ1) is 6.43. The van der Waals surface area contributed by atoms with Gasteiger partial charge < -0.3 is 10.0 Å². The number of hydrogen-bond acceptors (Lipinski definition) is 4. The Bertz CT molecular complexity index is 241. The number of sulfonamides is 1. The van der Waals surface area contributed by atoms with Gasteiger partial charge in [-0.15, -0.1) is 0 Å². The van der Waals surface area contributed by atoms with Crippen LogP contribution in [0.25, 0.3) is 0 Å². The van der Waals surface area contributed by atoms with Crippen molar-refractivity contribution in [1.82, 2.24) is 9.62 Å². The fourth-order valence-corrected chi connectivity index (χ4v) is 1.45. The lowest BCUT2D eigenvalue weighted by molar-refractivity contribution is 0.161. The van der Waals surface area contributed by atoms with E-state index in [9.17, 15) is 8.42 Å². The van der Waals surface area contributed by atoms with E-state index in [1.165, 1.54) is 0 Å². The zero-order valence-corrected chi connectivity index (χ0v) is 9.84. The number of aliphatic hydroxyl groups excluding tert-OH is 1. The molecule has 0 aromatic rings. The quantitative estimate of drug-likeness (QED) is 0.596. The molecule has 0 heterocycles. The Morgan fingerprint density at radius 3 is 2.50 bits per heavy atom. The molecule has 0 rings (SSSR count). The van der Waals surface area contributed by atoms with Gasteiger partial charge in [-0.25, -0.2) is 13.1 Å². The first kappa shape index (κ1) is 13.8. The van der Waals surface area contributed by atoms with Gasteiger partial charge in [-0.2, -0.15) is 0 Å². The molecule has 0 aliphatic rings. The van der Waals surface area contributed by atoms with E-state index in [0.717, 1.165) is 0 Å². The van der Waals surface area contributed by atoms with Gasteiger partial charge in [-0.3, -0.25) is 0 Å². The Balaban J connectivity index is 3.75. The summed E-state index contributed by atoms with van der Waals surface area (Å²) in [5, 5.41) is 8.83. The normalized spacial score (nSPS) is 14.6. The number of nitrogens with zero attached hydrogens (tertiary/aromatic N) is 1. The van der Waals surface area contributed by atoms with Crippen molar-refractivity contribution in [2.75, 3.05) is 32.5 Å². The summed E-state index contributed by atoms with van der Waals surface area (Å²) in [6.45, 7) is 4.55. The summed E-state index contributed by atoms with van der Waals surface area (Å²) in [4.78, 5) is 1.90. The van der Waals surface area contributed by atoms with Crippen molar-refractivity contribution in [3.63, 3.8) is 0 Å². The molecule has 0 fully saturated rings. The van der Waals surface area contributed by atoms with Crippen LogP contribution in [0.1, 0.15) is 13.8 Å². The molecule has 1 atom stereocenters. The molecule has 0 spiro atoms. The van der Waals surface area contributed by atoms with Crippen LogP contribution in [0.5, 0.6) is 0 Å². The van der Waals surface area contributed by atoms with E-state index in [0.29, 0.717) is 13.1 Å². The molecule has 0 saturated carbocycles. The summed E-state index contributed by atoms with van der Waals surface area (Å²) in [5.41, 5.74) is 0. The second-order valence-electron chi connectivity index (χ2n) is 3.31. The van der Waals surface area contributed by atoms with E-state index in [1.807, 2.05) is 18.9 Å². The van der Waals surface area contributed by atoms with Crippen LogP contribution in [0.15, 0.2) is 0 Å². The third-order valence-corrected chi connectivity index (χ3v) is 3.59. The van der Waals surface area contributed by atoms with Crippen molar-refractivity contribution in [3.05, 3.63) is 0 Å². The van der Waals surface area contributed by atoms with E-state index >= 15 is 0 Å². The molecular weight excluding hydrogens is 204 g/mol. The lowest BCUT2D eigenvalue weighted by atomic mass is 10.3. The molecule has 14 heavy (non-hydrogen) atoms. The summed E-state index contributed by atoms with van der Waals surface area (Å²) in [6, 6.07) is 0.0566. The molecule has 0 radical (unpaired) electrons. The summed E-state index contributed by atoms with van der Waals surface area (Å²) in [6.07, 6.45) is 0. The van der Waals surface area contributed by atoms with Crippen molar-refractivity contribution in [2.24, 2.45) is 0 Å². The van der Waals surface area contributed by atoms with E-state index in [4.69, 9.17) is 5.11 Å². The highest BCUT2D eigenvalue weighted by atomic mass is 32.2. The van der Waals surface area contributed by atoms with Crippen LogP contribution in [0.2, 0.25) is 0 Å². The van der Waals surface area contributed by atoms with Crippen molar-refractivity contribution >= 4 is 10.0 Å². The predicted octanol–water partition coefficient (Wildman–Crippen LogP) is -0.762. The molecule has 0 aromatic carbocycles. The smallest absolute Gasteiger partial charge is 0.211 e. The average molecular weight is 224 g/mol. The predicted molar refractivity (Wildman–Crippen MR) is 56.6 cm³/mol. The molecule has 0 aliphatic carbocycles. The Hall–Kier alpha value is -0.170. The number of hydrogen-bond donors (Lipinski definition) is 2. The number of likely N-dealkylation sites (N-methyl/N-ethyl adjacent to an activating group) is 1. The van der Waals surface area contributed by atoms with Crippen molar-refractivity contribution < 1.29 is 13.5 Å². The van der Waals surface area contributed by atoms with Gasteiger partial charge in [0.05, 0.1) is 12.4 Å². The van der Waals surface area contributed by atoms with Gasteiger partial charge in [0.25, 0.3) is 0 Å². The van der Waals surface area contributed by atoms with Crippen LogP contribution in [-0.4, -0.2) is 57.0 Å². The van der Waals surface area contributed by atoms with Crippen molar-refractivity contribution in [2.45, 2.75) is 19.9 Å². The van der Waals surface area contributed by atoms with Crippen LogP contribution < -0.4 is 4.72 Å². The van der Waals surface area contributed by atoms with Gasteiger partial charge in [0, 0.05) is 19.1 Å². The van der Waals surface area contributed by atoms with E-state index in [2.05, 4.69) is 4.72 Å². The maximum atomic E-state index is 11.0. The summed E-state index contributed by atoms with van der Waals surface area (Å²) in [7, 11) is -1.24. The van der Waals surface area contributed by atoms with Crippen molar-refractivity contribution in [3.8, 4) is 0 Å². The molecule has 0 saturated heterocycles. The van der Waals surface area contributed by atoms with Gasteiger partial charge >= 0.3 is 0 Å². The summed E-state index contributed by atoms with van der Waals surface area (Å²) >= 11 is 0. The van der Waals surface area contributed by atoms with E-state index in [-0.39, 0.29) is 18.4 Å². The highest BCUT2D eigenvalue weighted by Crippen LogP contribution is 1.92. The van der Waals surface area contributed by atoms with Crippen LogP contribution in [-0.2, 0) is 10.0 Å². The van der Waals surface area contributed by atoms with Gasteiger partial charge in [-0.1, -0.05) is 0 Å². The fourth-order valence-electron chi connectivity index (χ4n) is 0.839. The Morgan fingerprint density at radius 1 is 1.50 bits per heavy atom. The Labute approximate surface area is 86.2 Å². The van der Waals surface area contributed by atoms with Crippen LogP contribution >= 0.6 is 0 Å². The van der Waals surface area contributed by atoms with Gasteiger partial charge in [0.2, 0.25) is 10.0 Å². The topological polar surface area (TPSA) is 69.6 Å². The first-order valence-corrected chi connectivity index (χ1v) is 6.36. The maximum Gasteiger partial charge on any atom is 0.211 e. The molecule has 6 heteroatoms. The van der Waals surface area contributed by atoms with Gasteiger partial charge in [0.15, 0.2) is 0 Å². The fraction of sp³-hybridized carbons (Fsp3) is 1.00. The molecule has 0 aliphatic heterocycles. The Morgan fingerprint density at radius 2 is 2.07 bits per heavy atom. The first-order valence-electron chi connectivity index (χ1n) is 4.71. The number of rotatable bonds is 7. The Kier molecular flexibility index (Phi) is 6.26. The third-order valence-electron chi connectivity index (χ3n) is 2.18. The van der Waals surface area contributed by atoms with Crippen molar-refractivity contribution in [1.29, 1.82) is 0 Å². The SMILES string of the molecule is CCS(=O)(=O)NCCN(C)C(C)CO. The summed E-state index contributed by atoms with van der Waals surface area (Å²) < 4.78 is 24.5. The molecule has 0 bridgehead atoms. The van der Waals surface area contributed by atoms with Gasteiger partial charge in [0.1, 0.15) is 0 Å². The molecule has 0 amide bonds. The average Bonchev–Trinajstić information content (AvgIpc) is 2.16. The zero-order valence-electron chi connectivity index (χ0n) is 9.02. The van der Waals surface area contributed by atoms with Crippen LogP contribution in [0.3, 0.4) is 0 Å². The van der Waals surface area contributed by atoms with Gasteiger partial charge in [-0.05, 0) is 20.9 Å². The maximum absolute atomic E-state index is 11.0. The lowest BCUT2D eigenvalue weighted by Crippen LogP contribution is -2.39. The second kappa shape index (κ2) is 6.34. The monoisotopic (exact) mass is 224 g/mol. The second-order valence-corrected chi connectivity index (χ2v) is 5.41. The highest BCUT2D eigenvalue weighted by molar-refractivity contribution is 7.89. The molecule has 1 unspecified atom stereocenters. The zero-order chi connectivity index (χ0) is 11.2. The van der Waals surface area contributed by atoms with Crippen LogP contribution in [0, 0.1) is 0 Å². The largest absolute Gasteiger partial charge is 0.395 e. The standard InChI is InChI=1S/C8H20N2O3S/c1-4-14(12,13)9-5-6-10(3)8(2)7-11/h8-9,11H,4-7H2,1-3H3. The van der Waals surface area contributed by atoms with E-state index in [1.54, 1.807) is 6.92 Å². The number of aliphatic hydroxyl groups is 1. The molecule has 5 nitrogen and oxygen atoms in total. The minimum absolute atomic E-state index is 0.0566. The highest BCUT2D eigenvalue weighted by Gasteiger charge is 2.09. The minimum atomic E-state index is -3.09.